The van der Waals surface area contributed by atoms with Gasteiger partial charge in [-0.3, -0.25) is 4.98 Å². The zero-order chi connectivity index (χ0) is 31.2. The lowest BCUT2D eigenvalue weighted by molar-refractivity contribution is 0.204. The summed E-state index contributed by atoms with van der Waals surface area (Å²) in [5.74, 6) is 1.21. The van der Waals surface area contributed by atoms with E-state index in [0.29, 0.717) is 5.92 Å². The number of pyridine rings is 1. The van der Waals surface area contributed by atoms with Gasteiger partial charge < -0.3 is 26.0 Å². The fourth-order valence-corrected chi connectivity index (χ4v) is 7.28. The second-order valence-electron chi connectivity index (χ2n) is 12.5. The number of nitrogens with zero attached hydrogens (tertiary/aromatic N) is 1. The molecule has 0 saturated heterocycles. The van der Waals surface area contributed by atoms with Crippen LogP contribution in [-0.2, 0) is 0 Å². The van der Waals surface area contributed by atoms with Crippen LogP contribution in [0.3, 0.4) is 0 Å². The standard InChI is InChI=1S/C41H35N5O/c1-2-11-26(12-3-1)41-46-40-37(47-41)23-22-30-38(40)29-15-4-5-16-32(29)45-39(30)28-14-8-13-27(25-28)31-18-9-20-35(43-31)36-21-10-19-34(44-36)33-17-6-7-24-42-33/h1-11,13-26,31,36,39,41,43-46H,12H2. The summed E-state index contributed by atoms with van der Waals surface area (Å²) in [6, 6.07) is 28.0. The van der Waals surface area contributed by atoms with Crippen molar-refractivity contribution in [2.75, 3.05) is 10.6 Å². The van der Waals surface area contributed by atoms with Gasteiger partial charge in [0.1, 0.15) is 5.75 Å². The summed E-state index contributed by atoms with van der Waals surface area (Å²) in [7, 11) is 0. The van der Waals surface area contributed by atoms with Gasteiger partial charge in [-0.2, -0.15) is 0 Å². The highest BCUT2D eigenvalue weighted by atomic mass is 16.5. The van der Waals surface area contributed by atoms with Gasteiger partial charge in [0, 0.05) is 34.6 Å². The normalized spacial score (nSPS) is 24.6. The second-order valence-corrected chi connectivity index (χ2v) is 12.5. The molecule has 4 aliphatic heterocycles. The van der Waals surface area contributed by atoms with Crippen LogP contribution < -0.4 is 26.0 Å². The number of ether oxygens (including phenoxy) is 1. The van der Waals surface area contributed by atoms with Crippen molar-refractivity contribution in [1.29, 1.82) is 0 Å². The Bertz CT molecular complexity index is 2040. The Morgan fingerprint density at radius 2 is 1.60 bits per heavy atom. The third-order valence-electron chi connectivity index (χ3n) is 9.61. The molecule has 4 aromatic rings. The number of anilines is 2. The molecule has 0 radical (unpaired) electrons. The van der Waals surface area contributed by atoms with Crippen LogP contribution in [0.2, 0.25) is 0 Å². The molecule has 4 N–H and O–H groups in total. The maximum atomic E-state index is 6.50. The fourth-order valence-electron chi connectivity index (χ4n) is 7.28. The van der Waals surface area contributed by atoms with Crippen molar-refractivity contribution in [2.24, 2.45) is 5.92 Å². The van der Waals surface area contributed by atoms with Crippen molar-refractivity contribution in [2.45, 2.75) is 30.8 Å². The highest BCUT2D eigenvalue weighted by Crippen LogP contribution is 2.52. The number of hydrogen-bond acceptors (Lipinski definition) is 6. The zero-order valence-electron chi connectivity index (χ0n) is 25.8. The van der Waals surface area contributed by atoms with Crippen molar-refractivity contribution < 1.29 is 4.74 Å². The first-order valence-corrected chi connectivity index (χ1v) is 16.4. The van der Waals surface area contributed by atoms with E-state index in [2.05, 4.69) is 148 Å². The van der Waals surface area contributed by atoms with Crippen molar-refractivity contribution in [3.05, 3.63) is 174 Å². The molecule has 0 amide bonds. The van der Waals surface area contributed by atoms with Crippen LogP contribution in [0.5, 0.6) is 5.75 Å². The van der Waals surface area contributed by atoms with Gasteiger partial charge in [-0.05, 0) is 59.5 Å². The molecule has 0 bridgehead atoms. The van der Waals surface area contributed by atoms with E-state index in [1.807, 2.05) is 24.4 Å². The molecule has 5 heterocycles. The van der Waals surface area contributed by atoms with E-state index in [9.17, 15) is 0 Å². The third kappa shape index (κ3) is 5.03. The number of fused-ring (bicyclic) bond motifs is 5. The smallest absolute Gasteiger partial charge is 0.176 e. The Kier molecular flexibility index (Phi) is 6.77. The molecule has 0 fully saturated rings. The predicted molar refractivity (Wildman–Crippen MR) is 190 cm³/mol. The van der Waals surface area contributed by atoms with Gasteiger partial charge in [0.2, 0.25) is 0 Å². The first kappa shape index (κ1) is 27.6. The molecule has 47 heavy (non-hydrogen) atoms. The maximum Gasteiger partial charge on any atom is 0.176 e. The molecule has 6 heteroatoms. The van der Waals surface area contributed by atoms with Crippen LogP contribution in [0.15, 0.2) is 152 Å². The maximum absolute atomic E-state index is 6.50. The summed E-state index contributed by atoms with van der Waals surface area (Å²) in [6.45, 7) is 0. The Balaban J connectivity index is 1.000. The van der Waals surface area contributed by atoms with Gasteiger partial charge >= 0.3 is 0 Å². The third-order valence-corrected chi connectivity index (χ3v) is 9.61. The minimum absolute atomic E-state index is 0.0138. The molecule has 0 saturated carbocycles. The molecular weight excluding hydrogens is 578 g/mol. The van der Waals surface area contributed by atoms with Gasteiger partial charge in [-0.15, -0.1) is 0 Å². The quantitative estimate of drug-likeness (QED) is 0.182. The van der Waals surface area contributed by atoms with Crippen LogP contribution in [0.1, 0.15) is 40.9 Å². The Morgan fingerprint density at radius 3 is 2.51 bits per heavy atom. The van der Waals surface area contributed by atoms with E-state index in [4.69, 9.17) is 4.74 Å². The number of dihydropyridines is 2. The fraction of sp³-hybridized carbons (Fsp3) is 0.146. The van der Waals surface area contributed by atoms with Crippen LogP contribution >= 0.6 is 0 Å². The second kappa shape index (κ2) is 11.6. The Labute approximate surface area is 275 Å². The number of aromatic nitrogens is 1. The minimum Gasteiger partial charge on any atom is -0.468 e. The number of rotatable bonds is 5. The lowest BCUT2D eigenvalue weighted by atomic mass is 9.84. The van der Waals surface area contributed by atoms with E-state index < -0.39 is 0 Å². The van der Waals surface area contributed by atoms with Crippen molar-refractivity contribution in [3.8, 4) is 16.9 Å². The molecule has 5 unspecified atom stereocenters. The van der Waals surface area contributed by atoms with E-state index >= 15 is 0 Å². The topological polar surface area (TPSA) is 70.2 Å². The number of nitrogens with one attached hydrogen (secondary N) is 4. The van der Waals surface area contributed by atoms with Crippen molar-refractivity contribution >= 4 is 17.1 Å². The molecule has 1 aliphatic carbocycles. The zero-order valence-corrected chi connectivity index (χ0v) is 25.8. The van der Waals surface area contributed by atoms with E-state index in [-0.39, 0.29) is 24.4 Å². The molecule has 1 aromatic heterocycles. The van der Waals surface area contributed by atoms with E-state index in [0.717, 1.165) is 40.6 Å². The largest absolute Gasteiger partial charge is 0.468 e. The Hall–Kier alpha value is -5.75. The van der Waals surface area contributed by atoms with Crippen LogP contribution in [0, 0.1) is 5.92 Å². The minimum atomic E-state index is -0.0861. The summed E-state index contributed by atoms with van der Waals surface area (Å²) < 4.78 is 6.50. The number of para-hydroxylation sites is 1. The van der Waals surface area contributed by atoms with Crippen molar-refractivity contribution in [1.82, 2.24) is 15.6 Å². The first-order valence-electron chi connectivity index (χ1n) is 16.4. The lowest BCUT2D eigenvalue weighted by Crippen LogP contribution is -2.37. The van der Waals surface area contributed by atoms with Gasteiger partial charge in [0.05, 0.1) is 35.2 Å². The van der Waals surface area contributed by atoms with Crippen LogP contribution in [-0.4, -0.2) is 17.3 Å². The molecule has 5 atom stereocenters. The van der Waals surface area contributed by atoms with E-state index in [1.54, 1.807) is 0 Å². The number of hydrogen-bond donors (Lipinski definition) is 4. The van der Waals surface area contributed by atoms with Gasteiger partial charge in [0.15, 0.2) is 6.23 Å². The molecule has 9 rings (SSSR count). The average Bonchev–Trinajstić information content (AvgIpc) is 3.60. The van der Waals surface area contributed by atoms with Crippen LogP contribution in [0.25, 0.3) is 16.8 Å². The summed E-state index contributed by atoms with van der Waals surface area (Å²) in [5.41, 5.74) is 11.4. The lowest BCUT2D eigenvalue weighted by Gasteiger charge is -2.32. The average molecular weight is 614 g/mol. The summed E-state index contributed by atoms with van der Waals surface area (Å²) in [5, 5.41) is 15.1. The molecule has 0 spiro atoms. The number of benzene rings is 3. The van der Waals surface area contributed by atoms with Crippen molar-refractivity contribution in [3.63, 3.8) is 0 Å². The highest BCUT2D eigenvalue weighted by Gasteiger charge is 2.35. The SMILES string of the molecule is C1=CCC(C2Nc3c(ccc4c3-c3ccccc3NC4c3cccc(C4C=CC=C(C5C=CC=C(c6ccccn6)N5)N4)c3)O2)C=C1. The molecule has 6 nitrogen and oxygen atoms in total. The Morgan fingerprint density at radius 1 is 0.702 bits per heavy atom. The van der Waals surface area contributed by atoms with E-state index in [1.165, 1.54) is 27.8 Å². The summed E-state index contributed by atoms with van der Waals surface area (Å²) in [4.78, 5) is 4.53. The molecular formula is C41H35N5O. The highest BCUT2D eigenvalue weighted by molar-refractivity contribution is 5.95. The van der Waals surface area contributed by atoms with Gasteiger partial charge in [-0.1, -0.05) is 103 Å². The summed E-state index contributed by atoms with van der Waals surface area (Å²) >= 11 is 0. The van der Waals surface area contributed by atoms with Gasteiger partial charge in [0.25, 0.3) is 0 Å². The monoisotopic (exact) mass is 613 g/mol. The molecule has 230 valence electrons. The number of allylic oxidation sites excluding steroid dienone is 7. The summed E-state index contributed by atoms with van der Waals surface area (Å²) in [6.07, 6.45) is 24.3. The first-order chi connectivity index (χ1) is 23.3. The molecule has 5 aliphatic rings. The van der Waals surface area contributed by atoms with Crippen LogP contribution in [0.4, 0.5) is 11.4 Å². The predicted octanol–water partition coefficient (Wildman–Crippen LogP) is 8.18. The molecule has 3 aromatic carbocycles. The van der Waals surface area contributed by atoms with Gasteiger partial charge in [-0.25, -0.2) is 0 Å².